The first kappa shape index (κ1) is 14.2. The molecule has 0 saturated carbocycles. The number of hydrogen-bond acceptors (Lipinski definition) is 0. The summed E-state index contributed by atoms with van der Waals surface area (Å²) >= 11 is 1.25. The number of hydrogen-bond donors (Lipinski definition) is 0. The third-order valence-electron chi connectivity index (χ3n) is 3.05. The Morgan fingerprint density at radius 3 is 1.53 bits per heavy atom. The first-order chi connectivity index (χ1) is 9.27. The van der Waals surface area contributed by atoms with Crippen LogP contribution < -0.4 is 0 Å². The van der Waals surface area contributed by atoms with Crippen molar-refractivity contribution in [1.82, 2.24) is 0 Å². The van der Waals surface area contributed by atoms with E-state index in [2.05, 4.69) is 67.6 Å². The maximum absolute atomic E-state index is 2.23. The van der Waals surface area contributed by atoms with Gasteiger partial charge in [0.1, 0.15) is 0 Å². The van der Waals surface area contributed by atoms with E-state index in [9.17, 15) is 0 Å². The standard InChI is InChI=1S/C12H10.C6H7.Hf/c1-3-7-11(8-4-1)12-9-5-2-6-10-12;1-6-4-2-3-5-6;/h1-10H;2,4H,3H2,1H3;. The van der Waals surface area contributed by atoms with Crippen LogP contribution in [0.2, 0.25) is 0 Å². The van der Waals surface area contributed by atoms with E-state index in [0.29, 0.717) is 0 Å². The molecule has 0 N–H and O–H groups in total. The maximum Gasteiger partial charge on any atom is -0.0184 e. The van der Waals surface area contributed by atoms with Gasteiger partial charge < -0.3 is 0 Å². The normalized spacial score (nSPS) is 13.1. The molecule has 0 bridgehead atoms. The smallest absolute Gasteiger partial charge is 0.0184 e. The minimum absolute atomic E-state index is 1.23. The Morgan fingerprint density at radius 2 is 1.26 bits per heavy atom. The second-order valence-electron chi connectivity index (χ2n) is 4.50. The van der Waals surface area contributed by atoms with Crippen LogP contribution in [0.15, 0.2) is 81.7 Å². The van der Waals surface area contributed by atoms with Gasteiger partial charge in [-0.25, -0.2) is 0 Å². The quantitative estimate of drug-likeness (QED) is 0.571. The van der Waals surface area contributed by atoms with Gasteiger partial charge >= 0.3 is 58.8 Å². The van der Waals surface area contributed by atoms with Crippen LogP contribution in [-0.2, 0) is 24.4 Å². The molecule has 19 heavy (non-hydrogen) atoms. The molecule has 0 aromatic heterocycles. The van der Waals surface area contributed by atoms with Gasteiger partial charge in [0.05, 0.1) is 0 Å². The molecule has 2 aromatic rings. The van der Waals surface area contributed by atoms with Crippen molar-refractivity contribution >= 4 is 0 Å². The first-order valence-electron chi connectivity index (χ1n) is 6.46. The van der Waals surface area contributed by atoms with Crippen molar-refractivity contribution in [3.05, 3.63) is 81.7 Å². The van der Waals surface area contributed by atoms with Gasteiger partial charge in [0, 0.05) is 0 Å². The molecule has 0 spiro atoms. The summed E-state index contributed by atoms with van der Waals surface area (Å²) < 4.78 is 1.65. The van der Waals surface area contributed by atoms with Gasteiger partial charge in [0.15, 0.2) is 0 Å². The molecule has 3 rings (SSSR count). The molecule has 0 amide bonds. The van der Waals surface area contributed by atoms with Crippen LogP contribution >= 0.6 is 0 Å². The third kappa shape index (κ3) is 4.43. The van der Waals surface area contributed by atoms with Gasteiger partial charge in [-0.1, -0.05) is 60.7 Å². The summed E-state index contributed by atoms with van der Waals surface area (Å²) in [5, 5.41) is 0. The molecular weight excluding hydrogens is 395 g/mol. The van der Waals surface area contributed by atoms with Crippen LogP contribution in [0.5, 0.6) is 0 Å². The van der Waals surface area contributed by atoms with Crippen LogP contribution in [0.4, 0.5) is 0 Å². The Morgan fingerprint density at radius 1 is 0.789 bits per heavy atom. The van der Waals surface area contributed by atoms with E-state index in [-0.39, 0.29) is 0 Å². The van der Waals surface area contributed by atoms with E-state index < -0.39 is 0 Å². The predicted molar refractivity (Wildman–Crippen MR) is 78.3 cm³/mol. The van der Waals surface area contributed by atoms with E-state index in [0.717, 1.165) is 0 Å². The third-order valence-corrected chi connectivity index (χ3v) is 5.20. The Kier molecular flexibility index (Phi) is 5.53. The fourth-order valence-corrected chi connectivity index (χ4v) is 2.60. The molecule has 2 aromatic carbocycles. The summed E-state index contributed by atoms with van der Waals surface area (Å²) in [6.07, 6.45) is 5.68. The van der Waals surface area contributed by atoms with Crippen LogP contribution in [0, 0.1) is 0 Å². The zero-order valence-corrected chi connectivity index (χ0v) is 14.7. The second kappa shape index (κ2) is 7.40. The minimum atomic E-state index is 1.23. The molecule has 93 valence electrons. The molecule has 0 aliphatic heterocycles. The average molecular weight is 412 g/mol. The maximum atomic E-state index is 2.23. The summed E-state index contributed by atoms with van der Waals surface area (Å²) in [6, 6.07) is 20.8. The van der Waals surface area contributed by atoms with Crippen molar-refractivity contribution in [2.75, 3.05) is 0 Å². The fourth-order valence-electron chi connectivity index (χ4n) is 1.88. The van der Waals surface area contributed by atoms with Gasteiger partial charge in [-0.15, -0.1) is 0 Å². The van der Waals surface area contributed by atoms with Gasteiger partial charge in [-0.05, 0) is 11.1 Å². The van der Waals surface area contributed by atoms with Gasteiger partial charge in [-0.3, -0.25) is 0 Å². The number of allylic oxidation sites excluding steroid dienone is 4. The van der Waals surface area contributed by atoms with E-state index in [1.54, 1.807) is 3.33 Å². The molecule has 1 aliphatic rings. The molecule has 0 unspecified atom stereocenters. The van der Waals surface area contributed by atoms with Crippen LogP contribution in [0.3, 0.4) is 0 Å². The molecule has 0 atom stereocenters. The average Bonchev–Trinajstić information content (AvgIpc) is 2.85. The van der Waals surface area contributed by atoms with Crippen LogP contribution in [0.1, 0.15) is 13.3 Å². The summed E-state index contributed by atoms with van der Waals surface area (Å²) in [4.78, 5) is 0. The van der Waals surface area contributed by atoms with Gasteiger partial charge in [-0.2, -0.15) is 0 Å². The fraction of sp³-hybridized carbons (Fsp3) is 0.111. The van der Waals surface area contributed by atoms with Crippen molar-refractivity contribution in [1.29, 1.82) is 0 Å². The van der Waals surface area contributed by atoms with Crippen molar-refractivity contribution < 1.29 is 24.4 Å². The van der Waals surface area contributed by atoms with E-state index in [1.165, 1.54) is 47.5 Å². The molecule has 1 aliphatic carbocycles. The van der Waals surface area contributed by atoms with E-state index >= 15 is 0 Å². The summed E-state index contributed by atoms with van der Waals surface area (Å²) in [6.45, 7) is 2.19. The largest absolute Gasteiger partial charge is 0.0622 e. The van der Waals surface area contributed by atoms with Crippen molar-refractivity contribution in [2.45, 2.75) is 13.3 Å². The van der Waals surface area contributed by atoms with Gasteiger partial charge in [0.2, 0.25) is 0 Å². The molecule has 0 nitrogen and oxygen atoms in total. The van der Waals surface area contributed by atoms with E-state index in [4.69, 9.17) is 0 Å². The summed E-state index contributed by atoms with van der Waals surface area (Å²) in [5.74, 6) is 0. The predicted octanol–water partition coefficient (Wildman–Crippen LogP) is 5.12. The Balaban J connectivity index is 0.000000163. The van der Waals surface area contributed by atoms with E-state index in [1.807, 2.05) is 12.1 Å². The Bertz CT molecular complexity index is 528. The minimum Gasteiger partial charge on any atom is -0.0622 e. The molecular formula is C18H17Hf. The summed E-state index contributed by atoms with van der Waals surface area (Å²) in [7, 11) is 0. The SMILES string of the molecule is CC1=[C]([Hf])CC=C1.c1ccc(-c2ccccc2)cc1. The zero-order chi connectivity index (χ0) is 13.5. The second-order valence-corrected chi connectivity index (χ2v) is 6.67. The first-order valence-corrected chi connectivity index (χ1v) is 8.25. The molecule has 0 heterocycles. The number of rotatable bonds is 1. The van der Waals surface area contributed by atoms with Gasteiger partial charge in [0.25, 0.3) is 0 Å². The molecule has 0 radical (unpaired) electrons. The number of benzene rings is 2. The Hall–Kier alpha value is -1.21. The Labute approximate surface area is 130 Å². The van der Waals surface area contributed by atoms with Crippen molar-refractivity contribution in [3.8, 4) is 11.1 Å². The monoisotopic (exact) mass is 413 g/mol. The van der Waals surface area contributed by atoms with Crippen molar-refractivity contribution in [2.24, 2.45) is 0 Å². The summed E-state index contributed by atoms with van der Waals surface area (Å²) in [5.41, 5.74) is 4.06. The topological polar surface area (TPSA) is 0 Å². The zero-order valence-electron chi connectivity index (χ0n) is 11.1. The molecule has 0 fully saturated rings. The molecule has 0 saturated heterocycles. The van der Waals surface area contributed by atoms with Crippen LogP contribution in [-0.4, -0.2) is 0 Å². The van der Waals surface area contributed by atoms with Crippen LogP contribution in [0.25, 0.3) is 11.1 Å². The molecule has 1 heteroatoms. The van der Waals surface area contributed by atoms with Crippen molar-refractivity contribution in [3.63, 3.8) is 0 Å².